The second-order valence-corrected chi connectivity index (χ2v) is 11.4. The van der Waals surface area contributed by atoms with E-state index in [-0.39, 0.29) is 28.2 Å². The number of anilines is 1. The fourth-order valence-corrected chi connectivity index (χ4v) is 5.25. The van der Waals surface area contributed by atoms with Crippen LogP contribution in [0.25, 0.3) is 0 Å². The van der Waals surface area contributed by atoms with Crippen molar-refractivity contribution in [1.29, 1.82) is 0 Å². The molecule has 1 amide bonds. The Morgan fingerprint density at radius 1 is 1.03 bits per heavy atom. The van der Waals surface area contributed by atoms with Gasteiger partial charge >= 0.3 is 0 Å². The van der Waals surface area contributed by atoms with Crippen LogP contribution in [0.1, 0.15) is 18.4 Å². The fourth-order valence-electron chi connectivity index (χ4n) is 3.62. The number of likely N-dealkylation sites (tertiary alicyclic amines) is 1. The predicted molar refractivity (Wildman–Crippen MR) is 122 cm³/mol. The molecule has 2 aromatic rings. The number of hydrogen-bond donors (Lipinski definition) is 3. The smallest absolute Gasteiger partial charge is 0.240 e. The standard InChI is InChI=1S/C21H28N4O5S2/c1-16-4-8-20(9-5-16)32(29,30)23-13-17-3-2-12-25(14-17)15-21(26)24-18-6-10-19(11-7-18)31(22,27)28/h4-11,17,23H,2-3,12-15H2,1H3,(H,24,26)(H2,22,27,28). The SMILES string of the molecule is Cc1ccc(S(=O)(=O)NCC2CCCN(CC(=O)Nc3ccc(S(N)(=O)=O)cc3)C2)cc1. The van der Waals surface area contributed by atoms with E-state index in [4.69, 9.17) is 5.14 Å². The van der Waals surface area contributed by atoms with Crippen LogP contribution < -0.4 is 15.2 Å². The average Bonchev–Trinajstić information content (AvgIpc) is 2.73. The first-order valence-electron chi connectivity index (χ1n) is 10.2. The Balaban J connectivity index is 1.50. The molecule has 0 aliphatic carbocycles. The minimum Gasteiger partial charge on any atom is -0.325 e. The molecule has 2 aromatic carbocycles. The van der Waals surface area contributed by atoms with Crippen molar-refractivity contribution in [1.82, 2.24) is 9.62 Å². The topological polar surface area (TPSA) is 139 Å². The van der Waals surface area contributed by atoms with Gasteiger partial charge in [-0.15, -0.1) is 0 Å². The molecule has 4 N–H and O–H groups in total. The molecular formula is C21H28N4O5S2. The molecule has 0 aromatic heterocycles. The highest BCUT2D eigenvalue weighted by atomic mass is 32.2. The van der Waals surface area contributed by atoms with Gasteiger partial charge in [0.2, 0.25) is 26.0 Å². The second kappa shape index (κ2) is 10.1. The monoisotopic (exact) mass is 480 g/mol. The first kappa shape index (κ1) is 24.3. The Bertz CT molecular complexity index is 1150. The first-order valence-corrected chi connectivity index (χ1v) is 13.3. The fraction of sp³-hybridized carbons (Fsp3) is 0.381. The molecule has 1 saturated heterocycles. The van der Waals surface area contributed by atoms with Gasteiger partial charge < -0.3 is 5.32 Å². The Morgan fingerprint density at radius 2 is 1.66 bits per heavy atom. The lowest BCUT2D eigenvalue weighted by atomic mass is 9.98. The summed E-state index contributed by atoms with van der Waals surface area (Å²) < 4.78 is 50.3. The van der Waals surface area contributed by atoms with Gasteiger partial charge in [0.15, 0.2) is 0 Å². The molecule has 0 radical (unpaired) electrons. The lowest BCUT2D eigenvalue weighted by Gasteiger charge is -2.32. The molecule has 1 aliphatic rings. The summed E-state index contributed by atoms with van der Waals surface area (Å²) in [6.45, 7) is 3.73. The van der Waals surface area contributed by atoms with Gasteiger partial charge in [0, 0.05) is 18.8 Å². The zero-order valence-electron chi connectivity index (χ0n) is 17.8. The number of piperidine rings is 1. The van der Waals surface area contributed by atoms with Gasteiger partial charge in [-0.05, 0) is 68.6 Å². The molecule has 1 aliphatic heterocycles. The van der Waals surface area contributed by atoms with Crippen LogP contribution in [0.4, 0.5) is 5.69 Å². The highest BCUT2D eigenvalue weighted by Crippen LogP contribution is 2.18. The third kappa shape index (κ3) is 6.84. The third-order valence-corrected chi connectivity index (χ3v) is 7.70. The van der Waals surface area contributed by atoms with Crippen LogP contribution in [-0.2, 0) is 24.8 Å². The van der Waals surface area contributed by atoms with Gasteiger partial charge in [-0.1, -0.05) is 17.7 Å². The maximum atomic E-state index is 12.5. The highest BCUT2D eigenvalue weighted by Gasteiger charge is 2.24. The van der Waals surface area contributed by atoms with Gasteiger partial charge in [0.05, 0.1) is 16.3 Å². The minimum absolute atomic E-state index is 0.0255. The molecular weight excluding hydrogens is 452 g/mol. The average molecular weight is 481 g/mol. The number of primary sulfonamides is 1. The number of hydrogen-bond acceptors (Lipinski definition) is 6. The Morgan fingerprint density at radius 3 is 2.28 bits per heavy atom. The van der Waals surface area contributed by atoms with Crippen molar-refractivity contribution >= 4 is 31.6 Å². The minimum atomic E-state index is -3.78. The van der Waals surface area contributed by atoms with E-state index < -0.39 is 20.0 Å². The summed E-state index contributed by atoms with van der Waals surface area (Å²) >= 11 is 0. The van der Waals surface area contributed by atoms with Crippen LogP contribution in [0.3, 0.4) is 0 Å². The molecule has 174 valence electrons. The summed E-state index contributed by atoms with van der Waals surface area (Å²) in [7, 11) is -7.35. The predicted octanol–water partition coefficient (Wildman–Crippen LogP) is 1.27. The normalized spacial score (nSPS) is 17.8. The number of carbonyl (C=O) groups is 1. The number of rotatable bonds is 8. The van der Waals surface area contributed by atoms with Crippen molar-refractivity contribution in [3.8, 4) is 0 Å². The molecule has 1 heterocycles. The zero-order valence-corrected chi connectivity index (χ0v) is 19.5. The van der Waals surface area contributed by atoms with E-state index in [1.54, 1.807) is 24.3 Å². The quantitative estimate of drug-likeness (QED) is 0.520. The summed E-state index contributed by atoms with van der Waals surface area (Å²) in [5.41, 5.74) is 1.47. The van der Waals surface area contributed by atoms with Crippen LogP contribution in [0.5, 0.6) is 0 Å². The van der Waals surface area contributed by atoms with Gasteiger partial charge in [-0.3, -0.25) is 9.69 Å². The molecule has 1 atom stereocenters. The maximum Gasteiger partial charge on any atom is 0.240 e. The van der Waals surface area contributed by atoms with Crippen LogP contribution >= 0.6 is 0 Å². The lowest BCUT2D eigenvalue weighted by molar-refractivity contribution is -0.117. The number of carbonyl (C=O) groups excluding carboxylic acids is 1. The molecule has 0 spiro atoms. The van der Waals surface area contributed by atoms with Crippen molar-refractivity contribution < 1.29 is 21.6 Å². The van der Waals surface area contributed by atoms with Gasteiger partial charge in [-0.25, -0.2) is 26.7 Å². The van der Waals surface area contributed by atoms with Crippen molar-refractivity contribution in [2.24, 2.45) is 11.1 Å². The van der Waals surface area contributed by atoms with E-state index in [1.165, 1.54) is 24.3 Å². The molecule has 1 fully saturated rings. The Labute approximate surface area is 189 Å². The number of sulfonamides is 2. The van der Waals surface area contributed by atoms with Crippen LogP contribution in [-0.4, -0.2) is 53.8 Å². The van der Waals surface area contributed by atoms with Crippen LogP contribution in [0.2, 0.25) is 0 Å². The Kier molecular flexibility index (Phi) is 7.67. The van der Waals surface area contributed by atoms with E-state index in [0.717, 1.165) is 24.9 Å². The molecule has 1 unspecified atom stereocenters. The van der Waals surface area contributed by atoms with Crippen molar-refractivity contribution in [3.05, 3.63) is 54.1 Å². The number of nitrogens with two attached hydrogens (primary N) is 1. The highest BCUT2D eigenvalue weighted by molar-refractivity contribution is 7.89. The van der Waals surface area contributed by atoms with Crippen molar-refractivity contribution in [2.45, 2.75) is 29.6 Å². The summed E-state index contributed by atoms with van der Waals surface area (Å²) in [5, 5.41) is 7.81. The number of nitrogens with one attached hydrogen (secondary N) is 2. The van der Waals surface area contributed by atoms with Gasteiger partial charge in [0.25, 0.3) is 0 Å². The van der Waals surface area contributed by atoms with E-state index in [2.05, 4.69) is 10.0 Å². The molecule has 9 nitrogen and oxygen atoms in total. The molecule has 32 heavy (non-hydrogen) atoms. The summed E-state index contributed by atoms with van der Waals surface area (Å²) in [5.74, 6) is -0.125. The zero-order chi connectivity index (χ0) is 23.4. The third-order valence-electron chi connectivity index (χ3n) is 5.33. The summed E-state index contributed by atoms with van der Waals surface area (Å²) in [4.78, 5) is 14.6. The second-order valence-electron chi connectivity index (χ2n) is 8.03. The first-order chi connectivity index (χ1) is 15.0. The van der Waals surface area contributed by atoms with Crippen molar-refractivity contribution in [3.63, 3.8) is 0 Å². The van der Waals surface area contributed by atoms with E-state index in [1.807, 2.05) is 11.8 Å². The van der Waals surface area contributed by atoms with Crippen LogP contribution in [0, 0.1) is 12.8 Å². The number of amides is 1. The van der Waals surface area contributed by atoms with E-state index in [9.17, 15) is 21.6 Å². The van der Waals surface area contributed by atoms with Crippen molar-refractivity contribution in [2.75, 3.05) is 31.5 Å². The molecule has 3 rings (SSSR count). The lowest BCUT2D eigenvalue weighted by Crippen LogP contribution is -2.43. The van der Waals surface area contributed by atoms with Gasteiger partial charge in [0.1, 0.15) is 0 Å². The Hall–Kier alpha value is -2.31. The largest absolute Gasteiger partial charge is 0.325 e. The molecule has 11 heteroatoms. The summed E-state index contributed by atoms with van der Waals surface area (Å²) in [6, 6.07) is 12.3. The summed E-state index contributed by atoms with van der Waals surface area (Å²) in [6.07, 6.45) is 1.75. The molecule has 0 bridgehead atoms. The van der Waals surface area contributed by atoms with E-state index >= 15 is 0 Å². The number of nitrogens with zero attached hydrogens (tertiary/aromatic N) is 1. The van der Waals surface area contributed by atoms with Gasteiger partial charge in [-0.2, -0.15) is 0 Å². The number of aryl methyl sites for hydroxylation is 1. The number of benzene rings is 2. The van der Waals surface area contributed by atoms with Crippen LogP contribution in [0.15, 0.2) is 58.3 Å². The van der Waals surface area contributed by atoms with E-state index in [0.29, 0.717) is 18.8 Å². The maximum absolute atomic E-state index is 12.5. The molecule has 0 saturated carbocycles.